The largest absolute Gasteiger partial charge is 0.310 e. The molecule has 0 spiro atoms. The van der Waals surface area contributed by atoms with Gasteiger partial charge >= 0.3 is 0 Å². The first-order chi connectivity index (χ1) is 14.0. The Balaban J connectivity index is 1.64. The van der Waals surface area contributed by atoms with Gasteiger partial charge in [0, 0.05) is 17.9 Å². The molecule has 1 atom stereocenters. The summed E-state index contributed by atoms with van der Waals surface area (Å²) in [7, 11) is 0. The summed E-state index contributed by atoms with van der Waals surface area (Å²) in [6.07, 6.45) is 1.44. The third-order valence-electron chi connectivity index (χ3n) is 5.61. The summed E-state index contributed by atoms with van der Waals surface area (Å²) >= 11 is 1.59. The minimum Gasteiger partial charge on any atom is -0.310 e. The number of carbonyl (C=O) groups is 1. The number of carbonyl (C=O) groups excluding carboxylic acids is 1. The van der Waals surface area contributed by atoms with Crippen molar-refractivity contribution in [3.05, 3.63) is 70.4 Å². The van der Waals surface area contributed by atoms with Crippen LogP contribution < -0.4 is 5.32 Å². The fourth-order valence-electron chi connectivity index (χ4n) is 4.07. The van der Waals surface area contributed by atoms with Gasteiger partial charge in [0.05, 0.1) is 15.9 Å². The van der Waals surface area contributed by atoms with Crippen LogP contribution in [0.2, 0.25) is 0 Å². The lowest BCUT2D eigenvalue weighted by molar-refractivity contribution is -0.116. The zero-order chi connectivity index (χ0) is 20.1. The SMILES string of the molecule is CCc1ccc([C@H]2CC(=O)Nc3c2c(C)nn3-c2nc3ccc(C)cc3s2)cc1. The Morgan fingerprint density at radius 1 is 1.17 bits per heavy atom. The van der Waals surface area contributed by atoms with Gasteiger partial charge in [-0.2, -0.15) is 9.78 Å². The quantitative estimate of drug-likeness (QED) is 0.516. The molecule has 2 aromatic heterocycles. The third kappa shape index (κ3) is 3.04. The molecule has 0 saturated carbocycles. The molecule has 29 heavy (non-hydrogen) atoms. The normalized spacial score (nSPS) is 16.1. The van der Waals surface area contributed by atoms with Crippen LogP contribution in [0.3, 0.4) is 0 Å². The van der Waals surface area contributed by atoms with Crippen LogP contribution in [-0.4, -0.2) is 20.7 Å². The van der Waals surface area contributed by atoms with E-state index in [1.807, 2.05) is 13.0 Å². The van der Waals surface area contributed by atoms with Crippen LogP contribution >= 0.6 is 11.3 Å². The number of aryl methyl sites for hydroxylation is 3. The molecule has 0 aliphatic carbocycles. The van der Waals surface area contributed by atoms with Crippen LogP contribution in [0.5, 0.6) is 0 Å². The molecule has 0 unspecified atom stereocenters. The second-order valence-electron chi connectivity index (χ2n) is 7.63. The van der Waals surface area contributed by atoms with Crippen molar-refractivity contribution in [3.63, 3.8) is 0 Å². The maximum absolute atomic E-state index is 12.6. The number of hydrogen-bond donors (Lipinski definition) is 1. The molecule has 1 N–H and O–H groups in total. The highest BCUT2D eigenvalue weighted by atomic mass is 32.1. The van der Waals surface area contributed by atoms with Crippen molar-refractivity contribution in [3.8, 4) is 5.13 Å². The Kier molecular flexibility index (Phi) is 4.24. The predicted molar refractivity (Wildman–Crippen MR) is 117 cm³/mol. The zero-order valence-corrected chi connectivity index (χ0v) is 17.5. The van der Waals surface area contributed by atoms with Crippen LogP contribution in [0.15, 0.2) is 42.5 Å². The number of nitrogens with zero attached hydrogens (tertiary/aromatic N) is 3. The maximum atomic E-state index is 12.6. The number of rotatable bonds is 3. The van der Waals surface area contributed by atoms with Crippen LogP contribution in [0.1, 0.15) is 47.2 Å². The summed E-state index contributed by atoms with van der Waals surface area (Å²) in [6, 6.07) is 14.8. The van der Waals surface area contributed by atoms with E-state index in [2.05, 4.69) is 55.6 Å². The van der Waals surface area contributed by atoms with Crippen LogP contribution in [0.25, 0.3) is 15.3 Å². The molecule has 2 aromatic carbocycles. The van der Waals surface area contributed by atoms with Crippen LogP contribution in [0, 0.1) is 13.8 Å². The topological polar surface area (TPSA) is 59.8 Å². The summed E-state index contributed by atoms with van der Waals surface area (Å²) < 4.78 is 2.92. The molecule has 1 amide bonds. The number of amides is 1. The van der Waals surface area contributed by atoms with Gasteiger partial charge in [-0.05, 0) is 49.1 Å². The predicted octanol–water partition coefficient (Wildman–Crippen LogP) is 5.14. The number of hydrogen-bond acceptors (Lipinski definition) is 4. The van der Waals surface area contributed by atoms with Crippen molar-refractivity contribution in [1.82, 2.24) is 14.8 Å². The molecule has 0 fully saturated rings. The first-order valence-corrected chi connectivity index (χ1v) is 10.7. The zero-order valence-electron chi connectivity index (χ0n) is 16.7. The van der Waals surface area contributed by atoms with Gasteiger partial charge in [-0.15, -0.1) is 0 Å². The molecule has 0 bridgehead atoms. The Morgan fingerprint density at radius 3 is 2.72 bits per heavy atom. The molecule has 146 valence electrons. The van der Waals surface area contributed by atoms with Gasteiger partial charge in [-0.1, -0.05) is 48.6 Å². The van der Waals surface area contributed by atoms with Gasteiger partial charge in [0.2, 0.25) is 11.0 Å². The van der Waals surface area contributed by atoms with E-state index in [0.717, 1.165) is 44.4 Å². The van der Waals surface area contributed by atoms with E-state index in [1.165, 1.54) is 11.1 Å². The van der Waals surface area contributed by atoms with E-state index in [9.17, 15) is 4.79 Å². The molecule has 0 radical (unpaired) electrons. The average molecular weight is 403 g/mol. The highest BCUT2D eigenvalue weighted by molar-refractivity contribution is 7.20. The number of anilines is 1. The number of aromatic nitrogens is 3. The van der Waals surface area contributed by atoms with Gasteiger partial charge in [-0.25, -0.2) is 4.98 Å². The van der Waals surface area contributed by atoms with E-state index in [0.29, 0.717) is 6.42 Å². The fourth-order valence-corrected chi connectivity index (χ4v) is 5.09. The van der Waals surface area contributed by atoms with E-state index >= 15 is 0 Å². The Hall–Kier alpha value is -2.99. The molecule has 0 saturated heterocycles. The van der Waals surface area contributed by atoms with Crippen molar-refractivity contribution >= 4 is 33.3 Å². The van der Waals surface area contributed by atoms with Gasteiger partial charge in [0.25, 0.3) is 0 Å². The maximum Gasteiger partial charge on any atom is 0.226 e. The molecule has 3 heterocycles. The Labute approximate surface area is 173 Å². The lowest BCUT2D eigenvalue weighted by atomic mass is 9.85. The summed E-state index contributed by atoms with van der Waals surface area (Å²) in [6.45, 7) is 6.24. The van der Waals surface area contributed by atoms with Gasteiger partial charge < -0.3 is 5.32 Å². The van der Waals surface area contributed by atoms with E-state index < -0.39 is 0 Å². The van der Waals surface area contributed by atoms with Gasteiger partial charge in [0.15, 0.2) is 0 Å². The number of benzene rings is 2. The van der Waals surface area contributed by atoms with Gasteiger partial charge in [0.1, 0.15) is 5.82 Å². The lowest BCUT2D eigenvalue weighted by Gasteiger charge is -2.24. The van der Waals surface area contributed by atoms with Crippen molar-refractivity contribution in [2.24, 2.45) is 0 Å². The van der Waals surface area contributed by atoms with Crippen molar-refractivity contribution in [1.29, 1.82) is 0 Å². The minimum absolute atomic E-state index is 0.00929. The number of thiazole rings is 1. The Morgan fingerprint density at radius 2 is 1.97 bits per heavy atom. The molecule has 1 aliphatic heterocycles. The molecular formula is C23H22N4OS. The second-order valence-corrected chi connectivity index (χ2v) is 8.64. The molecule has 4 aromatic rings. The highest BCUT2D eigenvalue weighted by Crippen LogP contribution is 2.41. The van der Waals surface area contributed by atoms with E-state index in [4.69, 9.17) is 10.1 Å². The first kappa shape index (κ1) is 18.1. The molecule has 5 nitrogen and oxygen atoms in total. The molecular weight excluding hydrogens is 380 g/mol. The van der Waals surface area contributed by atoms with Crippen molar-refractivity contribution < 1.29 is 4.79 Å². The second kappa shape index (κ2) is 6.81. The summed E-state index contributed by atoms with van der Waals surface area (Å²) in [4.78, 5) is 17.3. The fraction of sp³-hybridized carbons (Fsp3) is 0.261. The standard InChI is InChI=1S/C23H22N4OS/c1-4-15-6-8-16(9-7-15)17-12-20(28)25-22-21(17)14(3)26-27(22)23-24-18-10-5-13(2)11-19(18)29-23/h5-11,17H,4,12H2,1-3H3,(H,25,28)/t17-/m1/s1. The Bertz CT molecular complexity index is 1240. The van der Waals surface area contributed by atoms with E-state index in [-0.39, 0.29) is 11.8 Å². The van der Waals surface area contributed by atoms with Crippen LogP contribution in [0.4, 0.5) is 5.82 Å². The lowest BCUT2D eigenvalue weighted by Crippen LogP contribution is -2.24. The third-order valence-corrected chi connectivity index (χ3v) is 6.60. The molecule has 6 heteroatoms. The van der Waals surface area contributed by atoms with Crippen molar-refractivity contribution in [2.45, 2.75) is 39.5 Å². The van der Waals surface area contributed by atoms with Gasteiger partial charge in [-0.3, -0.25) is 4.79 Å². The monoisotopic (exact) mass is 402 g/mol. The smallest absolute Gasteiger partial charge is 0.226 e. The molecule has 5 rings (SSSR count). The van der Waals surface area contributed by atoms with Crippen LogP contribution in [-0.2, 0) is 11.2 Å². The van der Waals surface area contributed by atoms with E-state index in [1.54, 1.807) is 16.0 Å². The minimum atomic E-state index is 0.00929. The first-order valence-electron chi connectivity index (χ1n) is 9.89. The highest BCUT2D eigenvalue weighted by Gasteiger charge is 2.33. The number of fused-ring (bicyclic) bond motifs is 2. The summed E-state index contributed by atoms with van der Waals surface area (Å²) in [5, 5.41) is 8.60. The average Bonchev–Trinajstić information content (AvgIpc) is 3.28. The summed E-state index contributed by atoms with van der Waals surface area (Å²) in [5.74, 6) is 0.772. The number of nitrogens with one attached hydrogen (secondary N) is 1. The summed E-state index contributed by atoms with van der Waals surface area (Å²) in [5.41, 5.74) is 6.62. The van der Waals surface area contributed by atoms with Crippen molar-refractivity contribution in [2.75, 3.05) is 5.32 Å². The molecule has 1 aliphatic rings.